The molecule has 0 unspecified atom stereocenters. The van der Waals surface area contributed by atoms with E-state index in [1.807, 2.05) is 42.5 Å². The van der Waals surface area contributed by atoms with Crippen molar-refractivity contribution in [3.8, 4) is 0 Å². The second kappa shape index (κ2) is 8.70. The van der Waals surface area contributed by atoms with Crippen LogP contribution in [0.3, 0.4) is 0 Å². The van der Waals surface area contributed by atoms with Crippen LogP contribution >= 0.6 is 0 Å². The molecule has 0 bridgehead atoms. The number of amides is 2. The maximum atomic E-state index is 12.2. The highest BCUT2D eigenvalue weighted by Crippen LogP contribution is 2.21. The van der Waals surface area contributed by atoms with E-state index < -0.39 is 0 Å². The lowest BCUT2D eigenvalue weighted by molar-refractivity contribution is -0.117. The van der Waals surface area contributed by atoms with Crippen LogP contribution in [0.5, 0.6) is 0 Å². The number of carbonyl (C=O) groups is 2. The summed E-state index contributed by atoms with van der Waals surface area (Å²) >= 11 is 0. The molecule has 5 heteroatoms. The van der Waals surface area contributed by atoms with Gasteiger partial charge in [0.15, 0.2) is 0 Å². The van der Waals surface area contributed by atoms with Gasteiger partial charge in [-0.1, -0.05) is 42.5 Å². The minimum atomic E-state index is -0.125. The Hall–Kier alpha value is -2.66. The molecular weight excluding hydrogens is 290 g/mol. The van der Waals surface area contributed by atoms with Gasteiger partial charge in [0.2, 0.25) is 11.8 Å². The molecule has 5 nitrogen and oxygen atoms in total. The Kier molecular flexibility index (Phi) is 6.32. The van der Waals surface area contributed by atoms with Crippen LogP contribution in [-0.2, 0) is 16.0 Å². The van der Waals surface area contributed by atoms with E-state index in [1.54, 1.807) is 12.1 Å². The van der Waals surface area contributed by atoms with E-state index in [1.165, 1.54) is 0 Å². The summed E-state index contributed by atoms with van der Waals surface area (Å²) in [6.07, 6.45) is 1.29. The molecule has 0 spiro atoms. The summed E-state index contributed by atoms with van der Waals surface area (Å²) in [5.74, 6) is -0.236. The van der Waals surface area contributed by atoms with Gasteiger partial charge < -0.3 is 16.4 Å². The highest BCUT2D eigenvalue weighted by Gasteiger charge is 2.09. The molecule has 23 heavy (non-hydrogen) atoms. The Morgan fingerprint density at radius 2 is 1.39 bits per heavy atom. The molecule has 120 valence electrons. The molecule has 0 fully saturated rings. The van der Waals surface area contributed by atoms with E-state index in [0.717, 1.165) is 5.56 Å². The first kappa shape index (κ1) is 16.7. The number of para-hydroxylation sites is 2. The third-order valence-corrected chi connectivity index (χ3v) is 3.29. The molecule has 2 aromatic rings. The van der Waals surface area contributed by atoms with Crippen LogP contribution in [-0.4, -0.2) is 18.4 Å². The van der Waals surface area contributed by atoms with E-state index >= 15 is 0 Å². The van der Waals surface area contributed by atoms with Crippen LogP contribution in [0.1, 0.15) is 18.4 Å². The van der Waals surface area contributed by atoms with E-state index in [0.29, 0.717) is 30.8 Å². The quantitative estimate of drug-likeness (QED) is 0.734. The van der Waals surface area contributed by atoms with Gasteiger partial charge in [-0.3, -0.25) is 9.59 Å². The van der Waals surface area contributed by atoms with Crippen LogP contribution in [0.25, 0.3) is 0 Å². The number of anilines is 2. The molecule has 0 aliphatic heterocycles. The largest absolute Gasteiger partial charge is 0.330 e. The van der Waals surface area contributed by atoms with Crippen molar-refractivity contribution in [1.82, 2.24) is 0 Å². The number of hydrogen-bond acceptors (Lipinski definition) is 3. The number of rotatable bonds is 7. The van der Waals surface area contributed by atoms with Crippen LogP contribution in [0, 0.1) is 0 Å². The van der Waals surface area contributed by atoms with Gasteiger partial charge >= 0.3 is 0 Å². The zero-order valence-electron chi connectivity index (χ0n) is 12.9. The number of benzene rings is 2. The van der Waals surface area contributed by atoms with E-state index in [9.17, 15) is 9.59 Å². The van der Waals surface area contributed by atoms with Crippen molar-refractivity contribution < 1.29 is 9.59 Å². The third-order valence-electron chi connectivity index (χ3n) is 3.29. The van der Waals surface area contributed by atoms with Crippen molar-refractivity contribution in [3.05, 3.63) is 60.2 Å². The molecule has 2 rings (SSSR count). The first-order valence-corrected chi connectivity index (χ1v) is 7.62. The molecule has 0 radical (unpaired) electrons. The first-order valence-electron chi connectivity index (χ1n) is 7.62. The van der Waals surface area contributed by atoms with Crippen molar-refractivity contribution in [3.63, 3.8) is 0 Å². The third kappa shape index (κ3) is 5.56. The van der Waals surface area contributed by atoms with Crippen LogP contribution in [0.4, 0.5) is 11.4 Å². The summed E-state index contributed by atoms with van der Waals surface area (Å²) in [6, 6.07) is 16.7. The van der Waals surface area contributed by atoms with Crippen molar-refractivity contribution in [2.45, 2.75) is 19.3 Å². The molecule has 2 amide bonds. The Labute approximate surface area is 135 Å². The highest BCUT2D eigenvalue weighted by atomic mass is 16.2. The predicted molar refractivity (Wildman–Crippen MR) is 92.1 cm³/mol. The lowest BCUT2D eigenvalue weighted by Gasteiger charge is -2.12. The number of nitrogens with two attached hydrogens (primary N) is 1. The van der Waals surface area contributed by atoms with Gasteiger partial charge in [0, 0.05) is 6.42 Å². The number of hydrogen-bond donors (Lipinski definition) is 3. The van der Waals surface area contributed by atoms with Crippen LogP contribution < -0.4 is 16.4 Å². The van der Waals surface area contributed by atoms with E-state index in [2.05, 4.69) is 10.6 Å². The fourth-order valence-corrected chi connectivity index (χ4v) is 2.15. The van der Waals surface area contributed by atoms with Gasteiger partial charge in [0.25, 0.3) is 0 Å². The second-order valence-electron chi connectivity index (χ2n) is 5.20. The molecular formula is C18H21N3O2. The average molecular weight is 311 g/mol. The summed E-state index contributed by atoms with van der Waals surface area (Å²) in [7, 11) is 0. The van der Waals surface area contributed by atoms with Gasteiger partial charge in [-0.25, -0.2) is 0 Å². The lowest BCUT2D eigenvalue weighted by atomic mass is 10.1. The minimum absolute atomic E-state index is 0.111. The topological polar surface area (TPSA) is 84.2 Å². The monoisotopic (exact) mass is 311 g/mol. The Morgan fingerprint density at radius 1 is 0.826 bits per heavy atom. The molecule has 2 aromatic carbocycles. The van der Waals surface area contributed by atoms with Crippen molar-refractivity contribution in [2.24, 2.45) is 5.73 Å². The standard InChI is InChI=1S/C18H21N3O2/c19-12-6-11-17(22)20-15-9-4-5-10-16(15)21-18(23)13-14-7-2-1-3-8-14/h1-5,7-10H,6,11-13,19H2,(H,20,22)(H,21,23). The van der Waals surface area contributed by atoms with Gasteiger partial charge in [0.05, 0.1) is 17.8 Å². The maximum Gasteiger partial charge on any atom is 0.228 e. The van der Waals surface area contributed by atoms with Crippen LogP contribution in [0.2, 0.25) is 0 Å². The average Bonchev–Trinajstić information content (AvgIpc) is 2.55. The molecule has 4 N–H and O–H groups in total. The van der Waals surface area contributed by atoms with Crippen molar-refractivity contribution in [1.29, 1.82) is 0 Å². The molecule has 0 atom stereocenters. The number of nitrogens with one attached hydrogen (secondary N) is 2. The fourth-order valence-electron chi connectivity index (χ4n) is 2.15. The van der Waals surface area contributed by atoms with Gasteiger partial charge in [-0.2, -0.15) is 0 Å². The fraction of sp³-hybridized carbons (Fsp3) is 0.222. The smallest absolute Gasteiger partial charge is 0.228 e. The normalized spacial score (nSPS) is 10.1. The van der Waals surface area contributed by atoms with Crippen molar-refractivity contribution in [2.75, 3.05) is 17.2 Å². The molecule has 0 aliphatic rings. The molecule has 0 saturated heterocycles. The van der Waals surface area contributed by atoms with Gasteiger partial charge in [-0.15, -0.1) is 0 Å². The molecule has 0 aromatic heterocycles. The Bertz CT molecular complexity index is 656. The Morgan fingerprint density at radius 3 is 2.00 bits per heavy atom. The molecule has 0 saturated carbocycles. The van der Waals surface area contributed by atoms with Gasteiger partial charge in [-0.05, 0) is 30.7 Å². The highest BCUT2D eigenvalue weighted by molar-refractivity contribution is 6.00. The minimum Gasteiger partial charge on any atom is -0.330 e. The predicted octanol–water partition coefficient (Wildman–Crippen LogP) is 2.55. The second-order valence-corrected chi connectivity index (χ2v) is 5.20. The summed E-state index contributed by atoms with van der Waals surface area (Å²) in [5, 5.41) is 5.65. The Balaban J connectivity index is 1.99. The zero-order chi connectivity index (χ0) is 16.5. The van der Waals surface area contributed by atoms with E-state index in [-0.39, 0.29) is 18.2 Å². The van der Waals surface area contributed by atoms with Crippen LogP contribution in [0.15, 0.2) is 54.6 Å². The zero-order valence-corrected chi connectivity index (χ0v) is 12.9. The maximum absolute atomic E-state index is 12.2. The molecule has 0 aliphatic carbocycles. The first-order chi connectivity index (χ1) is 11.2. The van der Waals surface area contributed by atoms with Gasteiger partial charge in [0.1, 0.15) is 0 Å². The lowest BCUT2D eigenvalue weighted by Crippen LogP contribution is -2.18. The SMILES string of the molecule is NCCCC(=O)Nc1ccccc1NC(=O)Cc1ccccc1. The van der Waals surface area contributed by atoms with Crippen molar-refractivity contribution >= 4 is 23.2 Å². The number of carbonyl (C=O) groups excluding carboxylic acids is 2. The molecule has 0 heterocycles. The summed E-state index contributed by atoms with van der Waals surface area (Å²) in [6.45, 7) is 0.475. The summed E-state index contributed by atoms with van der Waals surface area (Å²) in [5.41, 5.74) is 7.53. The summed E-state index contributed by atoms with van der Waals surface area (Å²) in [4.78, 5) is 24.0. The van der Waals surface area contributed by atoms with E-state index in [4.69, 9.17) is 5.73 Å². The summed E-state index contributed by atoms with van der Waals surface area (Å²) < 4.78 is 0.